The van der Waals surface area contributed by atoms with E-state index in [2.05, 4.69) is 19.8 Å². The van der Waals surface area contributed by atoms with Gasteiger partial charge in [-0.1, -0.05) is 19.8 Å². The molecule has 2 N–H and O–H groups in total. The van der Waals surface area contributed by atoms with Gasteiger partial charge in [-0.15, -0.1) is 6.42 Å². The molecule has 2 nitrogen and oxygen atoms in total. The Labute approximate surface area is 141 Å². The van der Waals surface area contributed by atoms with Crippen molar-refractivity contribution in [3.63, 3.8) is 0 Å². The highest BCUT2D eigenvalue weighted by atomic mass is 16.3. The van der Waals surface area contributed by atoms with E-state index in [4.69, 9.17) is 6.42 Å². The molecule has 4 aliphatic rings. The van der Waals surface area contributed by atoms with E-state index < -0.39 is 5.60 Å². The van der Waals surface area contributed by atoms with Gasteiger partial charge in [0.25, 0.3) is 0 Å². The van der Waals surface area contributed by atoms with Gasteiger partial charge in [-0.3, -0.25) is 0 Å². The predicted octanol–water partition coefficient (Wildman–Crippen LogP) is 3.75. The van der Waals surface area contributed by atoms with Crippen LogP contribution in [0.1, 0.15) is 71.6 Å². The molecule has 4 aliphatic carbocycles. The zero-order valence-electron chi connectivity index (χ0n) is 14.7. The summed E-state index contributed by atoms with van der Waals surface area (Å²) in [6.07, 6.45) is 15.3. The summed E-state index contributed by atoms with van der Waals surface area (Å²) in [4.78, 5) is 0. The Kier molecular flexibility index (Phi) is 3.47. The van der Waals surface area contributed by atoms with Gasteiger partial charge in [-0.2, -0.15) is 0 Å². The minimum absolute atomic E-state index is 0.0862. The van der Waals surface area contributed by atoms with E-state index in [-0.39, 0.29) is 11.5 Å². The van der Waals surface area contributed by atoms with Crippen molar-refractivity contribution in [1.29, 1.82) is 0 Å². The largest absolute Gasteiger partial charge is 0.393 e. The van der Waals surface area contributed by atoms with Crippen LogP contribution in [0.25, 0.3) is 0 Å². The summed E-state index contributed by atoms with van der Waals surface area (Å²) >= 11 is 0. The van der Waals surface area contributed by atoms with Crippen LogP contribution in [0.2, 0.25) is 0 Å². The van der Waals surface area contributed by atoms with Gasteiger partial charge in [0.1, 0.15) is 5.60 Å². The highest BCUT2D eigenvalue weighted by Gasteiger charge is 2.60. The highest BCUT2D eigenvalue weighted by molar-refractivity contribution is 5.16. The van der Waals surface area contributed by atoms with Crippen LogP contribution in [0.3, 0.4) is 0 Å². The van der Waals surface area contributed by atoms with E-state index in [9.17, 15) is 10.2 Å². The molecule has 8 atom stereocenters. The third kappa shape index (κ3) is 2.09. The summed E-state index contributed by atoms with van der Waals surface area (Å²) < 4.78 is 0. The number of terminal acetylenes is 1. The lowest BCUT2D eigenvalue weighted by Crippen LogP contribution is -2.56. The molecule has 0 radical (unpaired) electrons. The van der Waals surface area contributed by atoms with Crippen LogP contribution in [0.4, 0.5) is 0 Å². The fourth-order valence-corrected chi connectivity index (χ4v) is 7.35. The molecule has 2 heteroatoms. The molecule has 0 bridgehead atoms. The topological polar surface area (TPSA) is 40.5 Å². The minimum atomic E-state index is -0.857. The molecule has 4 saturated carbocycles. The van der Waals surface area contributed by atoms with Crippen molar-refractivity contribution < 1.29 is 10.2 Å². The molecule has 23 heavy (non-hydrogen) atoms. The smallest absolute Gasteiger partial charge is 0.125 e. The Morgan fingerprint density at radius 2 is 1.65 bits per heavy atom. The molecule has 0 heterocycles. The summed E-state index contributed by atoms with van der Waals surface area (Å²) in [6.45, 7) is 4.83. The van der Waals surface area contributed by atoms with Gasteiger partial charge in [-0.05, 0) is 92.3 Å². The number of fused-ring (bicyclic) bond motifs is 5. The number of aliphatic hydroxyl groups excluding tert-OH is 1. The van der Waals surface area contributed by atoms with E-state index in [1.807, 2.05) is 0 Å². The van der Waals surface area contributed by atoms with Crippen molar-refractivity contribution in [3.8, 4) is 12.3 Å². The lowest BCUT2D eigenvalue weighted by Gasteiger charge is -2.61. The number of rotatable bonds is 0. The fourth-order valence-electron chi connectivity index (χ4n) is 7.35. The normalized spacial score (nSPS) is 58.7. The molecule has 128 valence electrons. The molecule has 0 unspecified atom stereocenters. The first-order valence-corrected chi connectivity index (χ1v) is 9.71. The summed E-state index contributed by atoms with van der Waals surface area (Å²) in [6, 6.07) is 0. The number of hydrogen-bond acceptors (Lipinski definition) is 2. The Morgan fingerprint density at radius 1 is 0.913 bits per heavy atom. The molecule has 4 rings (SSSR count). The van der Waals surface area contributed by atoms with E-state index in [1.165, 1.54) is 32.1 Å². The standard InChI is InChI=1S/C21H32O2/c1-4-21(23)12-11-19(2)14(13-21)5-6-15-16-7-8-18(22)20(16,3)10-9-17(15)19/h1,14-18,22-23H,5-13H2,2-3H3/t14-,15-,16+,17-,18-,19-,20+,21-/m0/s1. The second-order valence-corrected chi connectivity index (χ2v) is 9.67. The molecule has 0 aromatic heterocycles. The van der Waals surface area contributed by atoms with Crippen LogP contribution in [0, 0.1) is 46.8 Å². The first kappa shape index (κ1) is 16.0. The Balaban J connectivity index is 1.61. The molecule has 0 spiro atoms. The summed E-state index contributed by atoms with van der Waals surface area (Å²) in [5.41, 5.74) is -0.344. The minimum Gasteiger partial charge on any atom is -0.393 e. The fraction of sp³-hybridized carbons (Fsp3) is 0.905. The second-order valence-electron chi connectivity index (χ2n) is 9.67. The van der Waals surface area contributed by atoms with Crippen molar-refractivity contribution in [2.24, 2.45) is 34.5 Å². The first-order chi connectivity index (χ1) is 10.8. The van der Waals surface area contributed by atoms with Gasteiger partial charge in [0.05, 0.1) is 6.10 Å². The van der Waals surface area contributed by atoms with Crippen molar-refractivity contribution in [1.82, 2.24) is 0 Å². The monoisotopic (exact) mass is 316 g/mol. The third-order valence-corrected chi connectivity index (χ3v) is 8.95. The van der Waals surface area contributed by atoms with E-state index >= 15 is 0 Å². The maximum atomic E-state index is 10.6. The van der Waals surface area contributed by atoms with E-state index in [1.54, 1.807) is 0 Å². The molecule has 0 saturated heterocycles. The molecular weight excluding hydrogens is 284 g/mol. The van der Waals surface area contributed by atoms with Crippen LogP contribution in [0.5, 0.6) is 0 Å². The van der Waals surface area contributed by atoms with Gasteiger partial charge in [-0.25, -0.2) is 0 Å². The van der Waals surface area contributed by atoms with Gasteiger partial charge < -0.3 is 10.2 Å². The third-order valence-electron chi connectivity index (χ3n) is 8.95. The van der Waals surface area contributed by atoms with Crippen LogP contribution < -0.4 is 0 Å². The van der Waals surface area contributed by atoms with Gasteiger partial charge in [0.2, 0.25) is 0 Å². The highest BCUT2D eigenvalue weighted by Crippen LogP contribution is 2.66. The molecule has 0 aromatic carbocycles. The van der Waals surface area contributed by atoms with Gasteiger partial charge >= 0.3 is 0 Å². The maximum absolute atomic E-state index is 10.6. The Morgan fingerprint density at radius 3 is 2.39 bits per heavy atom. The predicted molar refractivity (Wildman–Crippen MR) is 91.5 cm³/mol. The van der Waals surface area contributed by atoms with Crippen molar-refractivity contribution in [2.45, 2.75) is 83.3 Å². The molecule has 0 aliphatic heterocycles. The van der Waals surface area contributed by atoms with Crippen LogP contribution in [-0.4, -0.2) is 21.9 Å². The van der Waals surface area contributed by atoms with Gasteiger partial charge in [0.15, 0.2) is 0 Å². The first-order valence-electron chi connectivity index (χ1n) is 9.71. The summed E-state index contributed by atoms with van der Waals surface area (Å²) in [5, 5.41) is 21.1. The SMILES string of the molecule is C#C[C@]1(O)CC[C@@]2(C)[C@@H](CC[C@H]3[C@H]4CC[C@H](O)[C@]4(C)CC[C@@H]32)C1. The zero-order chi connectivity index (χ0) is 16.5. The lowest BCUT2D eigenvalue weighted by atomic mass is 9.44. The van der Waals surface area contributed by atoms with Crippen molar-refractivity contribution in [3.05, 3.63) is 0 Å². The summed E-state index contributed by atoms with van der Waals surface area (Å²) in [7, 11) is 0. The second kappa shape index (κ2) is 4.99. The number of aliphatic hydroxyl groups is 2. The molecule has 4 fully saturated rings. The molecular formula is C21H32O2. The number of hydrogen-bond donors (Lipinski definition) is 2. The quantitative estimate of drug-likeness (QED) is 0.668. The lowest BCUT2D eigenvalue weighted by molar-refractivity contribution is -0.143. The van der Waals surface area contributed by atoms with Crippen molar-refractivity contribution >= 4 is 0 Å². The van der Waals surface area contributed by atoms with Gasteiger partial charge in [0, 0.05) is 0 Å². The average molecular weight is 316 g/mol. The van der Waals surface area contributed by atoms with Crippen LogP contribution in [0.15, 0.2) is 0 Å². The maximum Gasteiger partial charge on any atom is 0.125 e. The van der Waals surface area contributed by atoms with E-state index in [0.29, 0.717) is 17.3 Å². The molecule has 0 aromatic rings. The Bertz CT molecular complexity index is 536. The Hall–Kier alpha value is -0.520. The average Bonchev–Trinajstić information content (AvgIpc) is 2.84. The summed E-state index contributed by atoms with van der Waals surface area (Å²) in [5.74, 6) is 5.51. The van der Waals surface area contributed by atoms with Crippen LogP contribution in [-0.2, 0) is 0 Å². The molecule has 0 amide bonds. The van der Waals surface area contributed by atoms with Crippen LogP contribution >= 0.6 is 0 Å². The zero-order valence-corrected chi connectivity index (χ0v) is 14.7. The van der Waals surface area contributed by atoms with Crippen molar-refractivity contribution in [2.75, 3.05) is 0 Å². The van der Waals surface area contributed by atoms with E-state index in [0.717, 1.165) is 37.5 Å².